The molecule has 0 heterocycles. The maximum Gasteiger partial charge on any atom is 0.330 e. The van der Waals surface area contributed by atoms with E-state index in [9.17, 15) is 14.8 Å². The van der Waals surface area contributed by atoms with Crippen LogP contribution in [0, 0.1) is 0 Å². The molecule has 0 aliphatic heterocycles. The molecule has 3 unspecified atom stereocenters. The molecule has 174 valence electrons. The van der Waals surface area contributed by atoms with Crippen LogP contribution in [0.4, 0.5) is 0 Å². The fourth-order valence-corrected chi connectivity index (χ4v) is 3.50. The third-order valence-electron chi connectivity index (χ3n) is 4.50. The van der Waals surface area contributed by atoms with Crippen LogP contribution in [0.1, 0.15) is 71.1 Å². The lowest BCUT2D eigenvalue weighted by Gasteiger charge is -2.42. The van der Waals surface area contributed by atoms with Crippen molar-refractivity contribution in [3.05, 3.63) is 0 Å². The Morgan fingerprint density at radius 2 is 1.52 bits per heavy atom. The Morgan fingerprint density at radius 1 is 0.966 bits per heavy atom. The van der Waals surface area contributed by atoms with Crippen molar-refractivity contribution >= 4 is 14.6 Å². The van der Waals surface area contributed by atoms with Crippen molar-refractivity contribution < 1.29 is 38.2 Å². The normalized spacial score (nSPS) is 15.2. The lowest BCUT2D eigenvalue weighted by Crippen LogP contribution is -2.60. The molecule has 0 aliphatic carbocycles. The fourth-order valence-electron chi connectivity index (χ4n) is 2.80. The summed E-state index contributed by atoms with van der Waals surface area (Å²) in [6, 6.07) is 0. The molecule has 0 aromatic rings. The molecule has 9 heteroatoms. The highest BCUT2D eigenvalue weighted by molar-refractivity contribution is 7.40. The van der Waals surface area contributed by atoms with E-state index in [2.05, 4.69) is 6.92 Å². The van der Waals surface area contributed by atoms with Crippen molar-refractivity contribution in [1.82, 2.24) is 0 Å². The molecule has 0 aromatic heterocycles. The zero-order valence-corrected chi connectivity index (χ0v) is 19.6. The van der Waals surface area contributed by atoms with Gasteiger partial charge >= 0.3 is 14.6 Å². The molecular formula is C20H42NO7P. The summed E-state index contributed by atoms with van der Waals surface area (Å²) >= 11 is 0. The number of nitrogens with zero attached hydrogens (tertiary/aromatic N) is 1. The van der Waals surface area contributed by atoms with E-state index in [0.717, 1.165) is 12.8 Å². The smallest absolute Gasteiger partial charge is 0.330 e. The van der Waals surface area contributed by atoms with Gasteiger partial charge in [-0.05, 0) is 6.42 Å². The van der Waals surface area contributed by atoms with E-state index in [1.165, 1.54) is 44.9 Å². The Labute approximate surface area is 177 Å². The van der Waals surface area contributed by atoms with Gasteiger partial charge in [0.25, 0.3) is 0 Å². The van der Waals surface area contributed by atoms with Crippen LogP contribution in [0.15, 0.2) is 0 Å². The van der Waals surface area contributed by atoms with Crippen LogP contribution in [-0.4, -0.2) is 73.7 Å². The number of carboxylic acids is 1. The van der Waals surface area contributed by atoms with Gasteiger partial charge in [-0.3, -0.25) is 4.79 Å². The van der Waals surface area contributed by atoms with E-state index in [-0.39, 0.29) is 11.1 Å². The number of likely N-dealkylation sites (N-methyl/N-ethyl adjacent to an activating group) is 1. The van der Waals surface area contributed by atoms with Gasteiger partial charge in [-0.1, -0.05) is 58.3 Å². The molecule has 0 fully saturated rings. The molecule has 0 saturated carbocycles. The highest BCUT2D eigenvalue weighted by Gasteiger charge is 2.29. The third kappa shape index (κ3) is 17.1. The van der Waals surface area contributed by atoms with Crippen molar-refractivity contribution in [2.75, 3.05) is 41.0 Å². The Balaban J connectivity index is 3.76. The molecule has 0 saturated heterocycles. The van der Waals surface area contributed by atoms with Gasteiger partial charge in [-0.15, -0.1) is 0 Å². The van der Waals surface area contributed by atoms with Crippen LogP contribution in [-0.2, 0) is 18.6 Å². The lowest BCUT2D eigenvalue weighted by atomic mass is 10.1. The number of rotatable bonds is 20. The lowest BCUT2D eigenvalue weighted by molar-refractivity contribution is -0.973. The summed E-state index contributed by atoms with van der Waals surface area (Å²) in [5.74, 6) is -1.16. The first-order valence-electron chi connectivity index (χ1n) is 10.7. The van der Waals surface area contributed by atoms with Gasteiger partial charge in [0.2, 0.25) is 0 Å². The van der Waals surface area contributed by atoms with E-state index in [4.69, 9.17) is 18.9 Å². The monoisotopic (exact) mass is 439 g/mol. The summed E-state index contributed by atoms with van der Waals surface area (Å²) < 4.78 is 15.8. The number of carbonyl (C=O) groups is 1. The Bertz CT molecular complexity index is 407. The van der Waals surface area contributed by atoms with E-state index < -0.39 is 33.3 Å². The molecule has 0 spiro atoms. The molecule has 0 aromatic carbocycles. The molecule has 3 atom stereocenters. The van der Waals surface area contributed by atoms with Gasteiger partial charge in [0.1, 0.15) is 6.10 Å². The molecular weight excluding hydrogens is 397 g/mol. The molecule has 2 N–H and O–H groups in total. The van der Waals surface area contributed by atoms with Crippen molar-refractivity contribution in [3.63, 3.8) is 0 Å². The predicted octanol–water partition coefficient (Wildman–Crippen LogP) is 3.02. The molecule has 0 bridgehead atoms. The number of carboxylic acid groups (broad SMARTS) is 1. The highest BCUT2D eigenvalue weighted by Crippen LogP contribution is 2.36. The van der Waals surface area contributed by atoms with Crippen molar-refractivity contribution in [3.8, 4) is 0 Å². The predicted molar refractivity (Wildman–Crippen MR) is 112 cm³/mol. The van der Waals surface area contributed by atoms with Gasteiger partial charge < -0.3 is 33.4 Å². The number of ether oxygens (including phenoxy) is 1. The molecule has 0 radical (unpaired) electrons. The van der Waals surface area contributed by atoms with Crippen LogP contribution in [0.3, 0.4) is 0 Å². The third-order valence-corrected chi connectivity index (χ3v) is 5.36. The number of hydrogen-bond acceptors (Lipinski definition) is 6. The maximum atomic E-state index is 12.3. The van der Waals surface area contributed by atoms with Crippen LogP contribution in [0.2, 0.25) is 0 Å². The average Bonchev–Trinajstić information content (AvgIpc) is 2.63. The number of unbranched alkanes of at least 4 members (excludes halogenated alkanes) is 8. The SMILES string of the molecule is CCCCCCCCCCCOCCOP(O)OC(CC(=O)O)C([O-])[N+](C)(C)C. The minimum atomic E-state index is -2.32. The van der Waals surface area contributed by atoms with Crippen LogP contribution >= 0.6 is 8.60 Å². The van der Waals surface area contributed by atoms with Gasteiger partial charge in [-0.25, -0.2) is 0 Å². The average molecular weight is 440 g/mol. The number of hydrogen-bond donors (Lipinski definition) is 2. The minimum Gasteiger partial charge on any atom is -0.804 e. The second kappa shape index (κ2) is 17.4. The second-order valence-electron chi connectivity index (χ2n) is 8.26. The van der Waals surface area contributed by atoms with Crippen LogP contribution in [0.25, 0.3) is 0 Å². The standard InChI is InChI=1S/C20H42NO7P/c1-5-6-7-8-9-10-11-12-13-14-26-15-16-27-29(25)28-18(17-19(22)23)20(24)21(2,3)4/h18,20,25H,5-17H2,1-4H3,(H,22,23). The van der Waals surface area contributed by atoms with Gasteiger partial charge in [0, 0.05) is 12.8 Å². The summed E-state index contributed by atoms with van der Waals surface area (Å²) in [4.78, 5) is 20.8. The zero-order chi connectivity index (χ0) is 22.1. The summed E-state index contributed by atoms with van der Waals surface area (Å²) in [5, 5.41) is 21.3. The van der Waals surface area contributed by atoms with E-state index >= 15 is 0 Å². The molecule has 0 amide bonds. The van der Waals surface area contributed by atoms with Gasteiger partial charge in [-0.2, -0.15) is 0 Å². The van der Waals surface area contributed by atoms with Crippen molar-refractivity contribution in [2.24, 2.45) is 0 Å². The van der Waals surface area contributed by atoms with Crippen LogP contribution < -0.4 is 5.11 Å². The van der Waals surface area contributed by atoms with Gasteiger partial charge in [0.15, 0.2) is 0 Å². The zero-order valence-electron chi connectivity index (χ0n) is 18.7. The summed E-state index contributed by atoms with van der Waals surface area (Å²) in [7, 11) is 2.63. The first kappa shape index (κ1) is 28.7. The molecule has 0 rings (SSSR count). The maximum absolute atomic E-state index is 12.3. The Morgan fingerprint density at radius 3 is 2.03 bits per heavy atom. The first-order valence-corrected chi connectivity index (χ1v) is 11.9. The Kier molecular flexibility index (Phi) is 17.1. The minimum absolute atomic E-state index is 0.0248. The molecule has 8 nitrogen and oxygen atoms in total. The number of aliphatic carboxylic acids is 1. The largest absolute Gasteiger partial charge is 0.804 e. The van der Waals surface area contributed by atoms with Crippen molar-refractivity contribution in [1.29, 1.82) is 0 Å². The molecule has 0 aliphatic rings. The van der Waals surface area contributed by atoms with Crippen LogP contribution in [0.5, 0.6) is 0 Å². The van der Waals surface area contributed by atoms with E-state index in [1.54, 1.807) is 21.1 Å². The number of quaternary nitrogens is 1. The van der Waals surface area contributed by atoms with Crippen molar-refractivity contribution in [2.45, 2.75) is 83.5 Å². The van der Waals surface area contributed by atoms with E-state index in [0.29, 0.717) is 13.2 Å². The van der Waals surface area contributed by atoms with E-state index in [1.807, 2.05) is 0 Å². The highest BCUT2D eigenvalue weighted by atomic mass is 31.2. The second-order valence-corrected chi connectivity index (χ2v) is 9.21. The first-order chi connectivity index (χ1) is 13.7. The fraction of sp³-hybridized carbons (Fsp3) is 0.950. The summed E-state index contributed by atoms with van der Waals surface area (Å²) in [5.41, 5.74) is 0. The quantitative estimate of drug-likeness (QED) is 0.130. The topological polar surface area (TPSA) is 108 Å². The summed E-state index contributed by atoms with van der Waals surface area (Å²) in [6.07, 6.45) is 8.27. The Hall–Kier alpha value is -0.340. The van der Waals surface area contributed by atoms with Gasteiger partial charge in [0.05, 0.1) is 40.8 Å². The molecule has 29 heavy (non-hydrogen) atoms. The summed E-state index contributed by atoms with van der Waals surface area (Å²) in [6.45, 7) is 3.33.